The zero-order valence-electron chi connectivity index (χ0n) is 68.0. The highest BCUT2D eigenvalue weighted by atomic mass is 35.5. The number of likely N-dealkylation sites (N-methyl/N-ethyl adjacent to an activating group) is 1. The molecule has 9 heterocycles. The van der Waals surface area contributed by atoms with Crippen molar-refractivity contribution in [2.45, 2.75) is 193 Å². The fourth-order valence-electron chi connectivity index (χ4n) is 15.7. The minimum absolute atomic E-state index is 0.0332. The van der Waals surface area contributed by atoms with Crippen LogP contribution in [0, 0.1) is 17.6 Å². The van der Waals surface area contributed by atoms with Crippen molar-refractivity contribution in [2.75, 3.05) is 20.2 Å². The molecule has 11 bridgehead atoms. The molecule has 0 radical (unpaired) electrons. The summed E-state index contributed by atoms with van der Waals surface area (Å²) >= 11 is 14.5. The number of amides is 7. The highest BCUT2D eigenvalue weighted by molar-refractivity contribution is 6.32. The third kappa shape index (κ3) is 20.4. The number of benzene rings is 6. The molecule has 127 heavy (non-hydrogen) atoms. The molecule has 3 saturated heterocycles. The van der Waals surface area contributed by atoms with Crippen molar-refractivity contribution in [2.24, 2.45) is 17.4 Å². The summed E-state index contributed by atoms with van der Waals surface area (Å²) in [6.45, 7) is 5.10. The summed E-state index contributed by atoms with van der Waals surface area (Å²) in [5.41, 5.74) is 9.01. The number of aromatic hydroxyl groups is 3. The van der Waals surface area contributed by atoms with Gasteiger partial charge in [-0.2, -0.15) is 0 Å². The number of nitrogens with two attached hydrogens (primary N) is 2. The lowest BCUT2D eigenvalue weighted by Gasteiger charge is -2.46. The van der Waals surface area contributed by atoms with Gasteiger partial charge in [-0.25, -0.2) is 13.6 Å². The van der Waals surface area contributed by atoms with E-state index in [9.17, 15) is 84.4 Å². The lowest BCUT2D eigenvalue weighted by Crippen LogP contribution is -2.65. The van der Waals surface area contributed by atoms with Crippen molar-refractivity contribution in [1.29, 1.82) is 0 Å². The number of aromatic nitrogens is 1. The molecule has 24 N–H and O–H groups in total. The van der Waals surface area contributed by atoms with Crippen molar-refractivity contribution < 1.29 is 146 Å². The molecule has 3 fully saturated rings. The van der Waals surface area contributed by atoms with Crippen LogP contribution >= 0.6 is 23.2 Å². The van der Waals surface area contributed by atoms with Crippen molar-refractivity contribution in [1.82, 2.24) is 47.5 Å². The number of carbonyl (C=O) groups is 8. The number of ether oxygens (including phenoxy) is 8. The Kier molecular flexibility index (Phi) is 28.6. The lowest BCUT2D eigenvalue weighted by molar-refractivity contribution is -0.350. The van der Waals surface area contributed by atoms with Crippen molar-refractivity contribution in [3.63, 3.8) is 0 Å². The molecule has 39 nitrogen and oxygen atoms in total. The minimum Gasteiger partial charge on any atom is -0.508 e. The average molecular weight is 1810 g/mol. The second kappa shape index (κ2) is 38.8. The normalized spacial score (nSPS) is 29.5. The van der Waals surface area contributed by atoms with Crippen LogP contribution in [-0.2, 0) is 68.6 Å². The van der Waals surface area contributed by atoms with E-state index in [-0.39, 0.29) is 48.5 Å². The van der Waals surface area contributed by atoms with Gasteiger partial charge < -0.3 is 153 Å². The molecule has 8 aliphatic heterocycles. The molecular formula is C84H93Cl2F2N11O28. The highest BCUT2D eigenvalue weighted by Gasteiger charge is 2.53. The number of aliphatic hydroxyl groups excluding tert-OH is 8. The number of rotatable bonds is 20. The molecule has 680 valence electrons. The number of phenolic OH excluding ortho intramolecular Hbond substituents is 3. The van der Waals surface area contributed by atoms with Gasteiger partial charge in [0.25, 0.3) is 0 Å². The third-order valence-electron chi connectivity index (χ3n) is 22.4. The van der Waals surface area contributed by atoms with Crippen LogP contribution < -0.4 is 68.2 Å². The number of aliphatic hydroxyl groups is 8. The number of hydrogen-bond donors (Lipinski definition) is 22. The Balaban J connectivity index is 0.957. The third-order valence-corrected chi connectivity index (χ3v) is 23.0. The van der Waals surface area contributed by atoms with Gasteiger partial charge in [0, 0.05) is 59.6 Å². The second-order valence-corrected chi connectivity index (χ2v) is 33.0. The maximum Gasteiger partial charge on any atom is 0.330 e. The molecule has 8 aliphatic rings. The van der Waals surface area contributed by atoms with Gasteiger partial charge in [0.05, 0.1) is 47.0 Å². The van der Waals surface area contributed by atoms with Crippen LogP contribution in [0.1, 0.15) is 111 Å². The summed E-state index contributed by atoms with van der Waals surface area (Å²) in [5, 5.41) is 159. The van der Waals surface area contributed by atoms with Crippen LogP contribution in [0.15, 0.2) is 115 Å². The number of halogens is 4. The number of carboxylic acids is 1. The average Bonchev–Trinajstić information content (AvgIpc) is 0.760. The zero-order chi connectivity index (χ0) is 91.8. The van der Waals surface area contributed by atoms with Crippen molar-refractivity contribution in [3.05, 3.63) is 170 Å². The molecule has 0 saturated carbocycles. The van der Waals surface area contributed by atoms with E-state index in [1.54, 1.807) is 26.0 Å². The SMILES string of the molecule is CN[C@H](CC(C)C)C(=O)NC1C(=O)NC(CC(N)=O)C(=O)N[C@H]2C(=O)N[C@H]3C(=O)N[C@H](C(=O)NC(C(=O)O)c4cc(O)cc(O)c4-c4cc3ccc4O)[C@H](O[C@H]3C[C@](C)(N)[C@@H](O)[C@H](C)O3)c3ccc(c(Cl)c3)Oc3cc2cc(c3O[C@@H]2O[C@H](CO)[C@@H](O[C@@H]3O[C@H](CNCc4ccc(-c5ccc(F)c(F)c5)nc4)[C@H](O)[C@H](O)[C@H]3O)[C@H](O)[C@H]2O)Oc2ccc(cc2Cl)[C@H]1O. The number of primary amides is 1. The maximum atomic E-state index is 16.4. The smallest absolute Gasteiger partial charge is 0.330 e. The number of pyridine rings is 1. The first kappa shape index (κ1) is 93.5. The number of nitrogens with one attached hydrogen (secondary N) is 8. The number of carboxylic acid groups (broad SMARTS) is 1. The Hall–Kier alpha value is -11.2. The van der Waals surface area contributed by atoms with E-state index >= 15 is 24.0 Å². The van der Waals surface area contributed by atoms with Gasteiger partial charge >= 0.3 is 5.97 Å². The number of hydrogen-bond acceptors (Lipinski definition) is 31. The molecule has 1 aromatic heterocycles. The Morgan fingerprint density at radius 1 is 0.669 bits per heavy atom. The maximum absolute atomic E-state index is 16.4. The Morgan fingerprint density at radius 2 is 1.31 bits per heavy atom. The van der Waals surface area contributed by atoms with E-state index in [2.05, 4.69) is 47.5 Å². The number of nitrogens with zero attached hydrogens (tertiary/aromatic N) is 1. The van der Waals surface area contributed by atoms with Gasteiger partial charge in [0.2, 0.25) is 53.4 Å². The summed E-state index contributed by atoms with van der Waals surface area (Å²) in [5.74, 6) is -19.1. The summed E-state index contributed by atoms with van der Waals surface area (Å²) < 4.78 is 78.8. The van der Waals surface area contributed by atoms with Crippen LogP contribution in [0.25, 0.3) is 22.4 Å². The fourth-order valence-corrected chi connectivity index (χ4v) is 16.2. The fraction of sp³-hybridized carbons (Fsp3) is 0.417. The summed E-state index contributed by atoms with van der Waals surface area (Å²) in [6.07, 6.45) is -28.3. The van der Waals surface area contributed by atoms with Gasteiger partial charge in [0.1, 0.15) is 120 Å². The van der Waals surface area contributed by atoms with Crippen LogP contribution in [0.2, 0.25) is 10.0 Å². The predicted molar refractivity (Wildman–Crippen MR) is 436 cm³/mol. The zero-order valence-corrected chi connectivity index (χ0v) is 69.5. The topological polar surface area (TPSA) is 614 Å². The molecule has 0 spiro atoms. The van der Waals surface area contributed by atoms with Gasteiger partial charge in [-0.3, -0.25) is 38.5 Å². The predicted octanol–water partition coefficient (Wildman–Crippen LogP) is 1.07. The van der Waals surface area contributed by atoms with Crippen LogP contribution in [-0.4, -0.2) is 243 Å². The monoisotopic (exact) mass is 1810 g/mol. The summed E-state index contributed by atoms with van der Waals surface area (Å²) in [6, 6.07) is 5.13. The first-order valence-corrected chi connectivity index (χ1v) is 40.7. The number of carbonyl (C=O) groups excluding carboxylic acids is 7. The molecule has 6 aromatic carbocycles. The first-order valence-electron chi connectivity index (χ1n) is 39.9. The van der Waals surface area contributed by atoms with Gasteiger partial charge in [-0.05, 0) is 140 Å². The molecule has 43 heteroatoms. The van der Waals surface area contributed by atoms with E-state index in [4.69, 9.17) is 72.6 Å². The lowest BCUT2D eigenvalue weighted by atomic mass is 9.86. The first-order chi connectivity index (χ1) is 60.2. The largest absolute Gasteiger partial charge is 0.508 e. The molecular weight excluding hydrogens is 1720 g/mol. The van der Waals surface area contributed by atoms with Gasteiger partial charge in [-0.1, -0.05) is 61.3 Å². The van der Waals surface area contributed by atoms with Crippen molar-refractivity contribution in [3.8, 4) is 68.4 Å². The second-order valence-electron chi connectivity index (χ2n) is 32.2. The number of fused-ring (bicyclic) bond motifs is 15. The van der Waals surface area contributed by atoms with Gasteiger partial charge in [0.15, 0.2) is 41.8 Å². The molecule has 7 aromatic rings. The Labute approximate surface area is 730 Å². The van der Waals surface area contributed by atoms with Crippen LogP contribution in [0.4, 0.5) is 8.78 Å². The van der Waals surface area contributed by atoms with E-state index in [1.165, 1.54) is 45.3 Å². The molecule has 0 aliphatic carbocycles. The van der Waals surface area contributed by atoms with E-state index in [0.717, 1.165) is 78.9 Å². The quantitative estimate of drug-likeness (QED) is 0.0507. The standard InChI is InChI=1S/C84H93Cl2F2N11O28/c1-31(2)16-47(91-5)75(112)98-63-65(105)36-9-14-51(42(85)18-36)121-53-21-38-22-54(72(53)126-83-70(110)68(108)73(56(30-100)124-83)127-82-69(109)67(107)66(106)55(123-82)29-92-27-33-6-12-46(93-28-33)34-7-11-44(87)45(88)20-34)122-52-15-10-37(19-43(52)86)71(125-58-26-84(4,90)74(111)32(3)120-58)64-80(117)97-62(81(118)119)41-23-39(101)24-50(103)59(41)40-17-35(8-13-49(40)102)60(77(114)99-64)96-78(115)61(38)95-76(113)48(25-57(89)104)94-79(63)116/h6-15,17-24,28,31-32,47-48,55-56,58,60-71,73-74,82-83,91-92,100-103,105-111H,16,25-27,29-30,90H2,1-5H3,(H2,89,104)(H,94,116)(H,95,113)(H,96,115)(H,97,117)(H,98,112)(H,99,114)(H,118,119)/t32-,47+,48?,55+,56+,58-,60+,61+,62?,63?,64-,65+,66-,67-,68+,69+,70+,71+,73+,74-,82-,83-,84-/m0/s1. The molecule has 23 atom stereocenters. The van der Waals surface area contributed by atoms with Crippen molar-refractivity contribution >= 4 is 70.5 Å². The molecule has 7 amide bonds. The van der Waals surface area contributed by atoms with E-state index in [1.807, 2.05) is 0 Å². The number of phenols is 3. The molecule has 15 rings (SSSR count). The summed E-state index contributed by atoms with van der Waals surface area (Å²) in [7, 11) is 1.45. The van der Waals surface area contributed by atoms with E-state index in [0.29, 0.717) is 11.3 Å². The highest BCUT2D eigenvalue weighted by Crippen LogP contribution is 2.50. The minimum atomic E-state index is -2.44. The van der Waals surface area contributed by atoms with Crippen LogP contribution in [0.5, 0.6) is 46.0 Å². The Bertz CT molecular complexity index is 5340. The van der Waals surface area contributed by atoms with Gasteiger partial charge in [-0.15, -0.1) is 0 Å². The van der Waals surface area contributed by atoms with E-state index < -0.39 is 296 Å². The number of aliphatic carboxylic acids is 1. The molecule has 3 unspecified atom stereocenters. The van der Waals surface area contributed by atoms with Crippen LogP contribution in [0.3, 0.4) is 0 Å². The Morgan fingerprint density at radius 3 is 1.94 bits per heavy atom. The summed E-state index contributed by atoms with van der Waals surface area (Å²) in [4.78, 5) is 125.